The fourth-order valence-corrected chi connectivity index (χ4v) is 4.29. The average Bonchev–Trinajstić information content (AvgIpc) is 3.49. The smallest absolute Gasteiger partial charge is 0.283 e. The van der Waals surface area contributed by atoms with E-state index in [0.29, 0.717) is 27.5 Å². The van der Waals surface area contributed by atoms with E-state index in [0.717, 1.165) is 11.1 Å². The molecule has 0 aliphatic carbocycles. The molecule has 1 unspecified atom stereocenters. The maximum atomic E-state index is 13.3. The first kappa shape index (κ1) is 23.3. The van der Waals surface area contributed by atoms with Gasteiger partial charge in [-0.3, -0.25) is 14.7 Å². The normalized spacial score (nSPS) is 12.0. The second kappa shape index (κ2) is 10.4. The van der Waals surface area contributed by atoms with Crippen LogP contribution in [0.15, 0.2) is 65.3 Å². The first-order chi connectivity index (χ1) is 16.4. The Kier molecular flexibility index (Phi) is 7.14. The number of carbonyl (C=O) groups excluding carboxylic acids is 2. The lowest BCUT2D eigenvalue weighted by Gasteiger charge is -2.11. The number of aryl methyl sites for hydroxylation is 1. The summed E-state index contributed by atoms with van der Waals surface area (Å²) in [5.74, 6) is -0.704. The van der Waals surface area contributed by atoms with Gasteiger partial charge in [-0.25, -0.2) is 14.8 Å². The van der Waals surface area contributed by atoms with Crippen LogP contribution in [0.25, 0.3) is 0 Å². The van der Waals surface area contributed by atoms with E-state index in [1.807, 2.05) is 6.07 Å². The first-order valence-corrected chi connectivity index (χ1v) is 11.4. The van der Waals surface area contributed by atoms with Crippen molar-refractivity contribution in [3.05, 3.63) is 99.0 Å². The largest absolute Gasteiger partial charge is 0.320 e. The second-order valence-electron chi connectivity index (χ2n) is 7.23. The Balaban J connectivity index is 1.47. The van der Waals surface area contributed by atoms with Crippen LogP contribution in [0, 0.1) is 12.7 Å². The predicted molar refractivity (Wildman–Crippen MR) is 132 cm³/mol. The van der Waals surface area contributed by atoms with E-state index < -0.39 is 11.7 Å². The highest BCUT2D eigenvalue weighted by Gasteiger charge is 2.20. The van der Waals surface area contributed by atoms with E-state index in [1.165, 1.54) is 36.0 Å². The van der Waals surface area contributed by atoms with Gasteiger partial charge in [0.2, 0.25) is 0 Å². The van der Waals surface area contributed by atoms with Crippen molar-refractivity contribution >= 4 is 47.7 Å². The third-order valence-corrected chi connectivity index (χ3v) is 6.44. The molecule has 4 aromatic rings. The predicted octanol–water partition coefficient (Wildman–Crippen LogP) is 4.35. The maximum absolute atomic E-state index is 13.3. The number of hydrazone groups is 1. The van der Waals surface area contributed by atoms with E-state index in [1.54, 1.807) is 42.6 Å². The van der Waals surface area contributed by atoms with Crippen LogP contribution < -0.4 is 10.7 Å². The number of thiophene rings is 1. The molecule has 2 heterocycles. The first-order valence-electron chi connectivity index (χ1n) is 10.0. The highest BCUT2D eigenvalue weighted by Crippen LogP contribution is 2.29. The van der Waals surface area contributed by atoms with Gasteiger partial charge >= 0.3 is 0 Å². The highest BCUT2D eigenvalue weighted by molar-refractivity contribution is 7.80. The van der Waals surface area contributed by atoms with Gasteiger partial charge in [-0.05, 0) is 53.3 Å². The number of hydrogen-bond acceptors (Lipinski definition) is 7. The molecule has 0 aliphatic heterocycles. The molecule has 11 heteroatoms. The SMILES string of the molecule is Cc1csc(C(=O)N/N=C/c2cccc(F)c2)c1NC(=O)c1cccc(C(S)c2ncn[nH]2)c1. The van der Waals surface area contributed by atoms with E-state index >= 15 is 0 Å². The molecule has 34 heavy (non-hydrogen) atoms. The minimum Gasteiger partial charge on any atom is -0.320 e. The summed E-state index contributed by atoms with van der Waals surface area (Å²) in [7, 11) is 0. The van der Waals surface area contributed by atoms with Crippen LogP contribution >= 0.6 is 24.0 Å². The summed E-state index contributed by atoms with van der Waals surface area (Å²) in [6, 6.07) is 12.8. The Hall–Kier alpha value is -3.83. The number of amides is 2. The molecule has 4 rings (SSSR count). The van der Waals surface area contributed by atoms with Gasteiger partial charge in [0.25, 0.3) is 11.8 Å². The standard InChI is InChI=1S/C23H19FN6O2S2/c1-13-11-34-20(23(32)30-26-10-14-4-2-7-17(24)8-14)18(13)28-22(31)16-6-3-5-15(9-16)19(33)21-25-12-27-29-21/h2-12,19,33H,1H3,(H,28,31)(H,30,32)(H,25,27,29)/b26-10+. The summed E-state index contributed by atoms with van der Waals surface area (Å²) in [6.07, 6.45) is 2.73. The van der Waals surface area contributed by atoms with Crippen LogP contribution in [0.5, 0.6) is 0 Å². The molecule has 3 N–H and O–H groups in total. The van der Waals surface area contributed by atoms with Gasteiger partial charge in [-0.15, -0.1) is 11.3 Å². The molecule has 0 aliphatic rings. The van der Waals surface area contributed by atoms with Crippen LogP contribution in [-0.2, 0) is 0 Å². The van der Waals surface area contributed by atoms with Crippen molar-refractivity contribution in [2.75, 3.05) is 5.32 Å². The summed E-state index contributed by atoms with van der Waals surface area (Å²) in [5.41, 5.74) is 5.22. The molecular weight excluding hydrogens is 475 g/mol. The fraction of sp³-hybridized carbons (Fsp3) is 0.0870. The summed E-state index contributed by atoms with van der Waals surface area (Å²) in [6.45, 7) is 1.79. The van der Waals surface area contributed by atoms with Crippen LogP contribution in [-0.4, -0.2) is 33.2 Å². The monoisotopic (exact) mass is 494 g/mol. The van der Waals surface area contributed by atoms with Crippen molar-refractivity contribution in [1.82, 2.24) is 20.6 Å². The number of carbonyl (C=O) groups is 2. The number of nitrogens with one attached hydrogen (secondary N) is 3. The number of benzene rings is 2. The summed E-state index contributed by atoms with van der Waals surface area (Å²) < 4.78 is 13.3. The fourth-order valence-electron chi connectivity index (χ4n) is 3.11. The summed E-state index contributed by atoms with van der Waals surface area (Å²) in [4.78, 5) is 30.0. The zero-order valence-electron chi connectivity index (χ0n) is 17.8. The van der Waals surface area contributed by atoms with Crippen molar-refractivity contribution in [2.45, 2.75) is 12.2 Å². The Bertz CT molecular complexity index is 1350. The van der Waals surface area contributed by atoms with Crippen LogP contribution in [0.3, 0.4) is 0 Å². The average molecular weight is 495 g/mol. The van der Waals surface area contributed by atoms with Crippen molar-refractivity contribution < 1.29 is 14.0 Å². The summed E-state index contributed by atoms with van der Waals surface area (Å²) in [5, 5.41) is 14.7. The van der Waals surface area contributed by atoms with E-state index in [9.17, 15) is 14.0 Å². The topological polar surface area (TPSA) is 112 Å². The van der Waals surface area contributed by atoms with Gasteiger partial charge in [-0.2, -0.15) is 22.8 Å². The van der Waals surface area contributed by atoms with Gasteiger partial charge in [-0.1, -0.05) is 24.3 Å². The number of nitrogens with zero attached hydrogens (tertiary/aromatic N) is 3. The number of anilines is 1. The van der Waals surface area contributed by atoms with Gasteiger partial charge in [0.05, 0.1) is 17.2 Å². The Morgan fingerprint density at radius 1 is 1.21 bits per heavy atom. The number of rotatable bonds is 7. The number of halogens is 1. The summed E-state index contributed by atoms with van der Waals surface area (Å²) >= 11 is 5.74. The minimum absolute atomic E-state index is 0.298. The molecule has 2 amide bonds. The maximum Gasteiger partial charge on any atom is 0.283 e. The minimum atomic E-state index is -0.490. The number of thiol groups is 1. The van der Waals surface area contributed by atoms with Crippen LogP contribution in [0.2, 0.25) is 0 Å². The van der Waals surface area contributed by atoms with Crippen molar-refractivity contribution in [3.8, 4) is 0 Å². The molecule has 2 aromatic heterocycles. The molecule has 1 atom stereocenters. The number of H-pyrrole nitrogens is 1. The van der Waals surface area contributed by atoms with Gasteiger partial charge in [0.1, 0.15) is 22.8 Å². The molecule has 0 spiro atoms. The molecule has 172 valence electrons. The lowest BCUT2D eigenvalue weighted by Crippen LogP contribution is -2.20. The van der Waals surface area contributed by atoms with Crippen molar-refractivity contribution in [2.24, 2.45) is 5.10 Å². The molecule has 0 bridgehead atoms. The molecule has 0 saturated carbocycles. The molecular formula is C23H19FN6O2S2. The Morgan fingerprint density at radius 2 is 2.03 bits per heavy atom. The zero-order valence-corrected chi connectivity index (χ0v) is 19.5. The Morgan fingerprint density at radius 3 is 2.79 bits per heavy atom. The lowest BCUT2D eigenvalue weighted by molar-refractivity contribution is 0.0960. The van der Waals surface area contributed by atoms with E-state index in [2.05, 4.69) is 43.7 Å². The van der Waals surface area contributed by atoms with Crippen LogP contribution in [0.4, 0.5) is 10.1 Å². The van der Waals surface area contributed by atoms with Crippen molar-refractivity contribution in [3.63, 3.8) is 0 Å². The third-order valence-electron chi connectivity index (χ3n) is 4.81. The number of hydrogen-bond donors (Lipinski definition) is 4. The Labute approximate surface area is 203 Å². The third kappa shape index (κ3) is 5.38. The molecule has 0 radical (unpaired) electrons. The molecule has 0 saturated heterocycles. The molecule has 8 nitrogen and oxygen atoms in total. The second-order valence-corrected chi connectivity index (χ2v) is 8.63. The van der Waals surface area contributed by atoms with E-state index in [4.69, 9.17) is 0 Å². The molecule has 0 fully saturated rings. The van der Waals surface area contributed by atoms with Crippen molar-refractivity contribution in [1.29, 1.82) is 0 Å². The molecule has 2 aromatic carbocycles. The zero-order chi connectivity index (χ0) is 24.1. The van der Waals surface area contributed by atoms with Gasteiger partial charge < -0.3 is 5.32 Å². The van der Waals surface area contributed by atoms with E-state index in [-0.39, 0.29) is 11.2 Å². The number of aromatic nitrogens is 3. The quantitative estimate of drug-likeness (QED) is 0.174. The van der Waals surface area contributed by atoms with Crippen LogP contribution in [0.1, 0.15) is 47.8 Å². The van der Waals surface area contributed by atoms with Gasteiger partial charge in [0.15, 0.2) is 0 Å². The highest BCUT2D eigenvalue weighted by atomic mass is 32.1. The van der Waals surface area contributed by atoms with Gasteiger partial charge in [0, 0.05) is 5.56 Å². The lowest BCUT2D eigenvalue weighted by atomic mass is 10.1. The number of aromatic amines is 1.